The summed E-state index contributed by atoms with van der Waals surface area (Å²) in [5.74, 6) is -7.84. The lowest BCUT2D eigenvalue weighted by atomic mass is 10.2. The van der Waals surface area contributed by atoms with Crippen molar-refractivity contribution < 1.29 is 41.3 Å². The number of aromatic nitrogens is 3. The Balaban J connectivity index is 1.77. The second kappa shape index (κ2) is 10.2. The maximum atomic E-state index is 15.1. The summed E-state index contributed by atoms with van der Waals surface area (Å²) in [6.07, 6.45) is -1.68. The van der Waals surface area contributed by atoms with Crippen molar-refractivity contribution in [3.63, 3.8) is 0 Å². The number of alkyl halides is 3. The smallest absolute Gasteiger partial charge is 0.422 e. The summed E-state index contributed by atoms with van der Waals surface area (Å²) >= 11 is 0. The minimum Gasteiger partial charge on any atom is -0.504 e. The van der Waals surface area contributed by atoms with E-state index in [0.29, 0.717) is 11.4 Å². The standard InChI is InChI=1S/C24H18F5N5O4/c1-34-8-7-32-21(34)13-3-2-4-14(9-13)37-22-17(25)19(36-11-24(27,28)29)18(26)23(33-22)38-16-10-12(20(30)31)5-6-15(16)35/h2-10,35H,11H2,1H3,(H3,30,31). The molecule has 9 nitrogen and oxygen atoms in total. The van der Waals surface area contributed by atoms with Crippen LogP contribution in [0, 0.1) is 17.0 Å². The van der Waals surface area contributed by atoms with Crippen molar-refractivity contribution in [2.24, 2.45) is 12.8 Å². The first-order chi connectivity index (χ1) is 17.9. The fraction of sp³-hybridized carbons (Fsp3) is 0.125. The van der Waals surface area contributed by atoms with Crippen molar-refractivity contribution in [3.05, 3.63) is 72.1 Å². The summed E-state index contributed by atoms with van der Waals surface area (Å²) in [6.45, 7) is -2.02. The summed E-state index contributed by atoms with van der Waals surface area (Å²) in [4.78, 5) is 7.81. The zero-order chi connectivity index (χ0) is 27.6. The van der Waals surface area contributed by atoms with Crippen LogP contribution in [-0.2, 0) is 7.05 Å². The summed E-state index contributed by atoms with van der Waals surface area (Å²) in [5, 5.41) is 17.6. The van der Waals surface area contributed by atoms with E-state index < -0.39 is 59.3 Å². The molecule has 4 N–H and O–H groups in total. The van der Waals surface area contributed by atoms with E-state index in [4.69, 9.17) is 20.6 Å². The van der Waals surface area contributed by atoms with Gasteiger partial charge in [-0.3, -0.25) is 5.41 Å². The predicted molar refractivity (Wildman–Crippen MR) is 124 cm³/mol. The Hall–Kier alpha value is -4.88. The number of imidazole rings is 1. The number of aromatic hydroxyl groups is 1. The van der Waals surface area contributed by atoms with Crippen LogP contribution >= 0.6 is 0 Å². The summed E-state index contributed by atoms with van der Waals surface area (Å²) in [5.41, 5.74) is 6.02. The van der Waals surface area contributed by atoms with Gasteiger partial charge in [0.2, 0.25) is 17.4 Å². The van der Waals surface area contributed by atoms with Crippen LogP contribution in [0.4, 0.5) is 22.0 Å². The minimum atomic E-state index is -4.92. The molecule has 14 heteroatoms. The maximum Gasteiger partial charge on any atom is 0.422 e. The lowest BCUT2D eigenvalue weighted by molar-refractivity contribution is -0.154. The number of nitrogen functional groups attached to an aromatic ring is 1. The molecule has 0 bridgehead atoms. The molecule has 2 heterocycles. The number of phenols is 1. The van der Waals surface area contributed by atoms with Crippen molar-refractivity contribution in [2.45, 2.75) is 6.18 Å². The largest absolute Gasteiger partial charge is 0.504 e. The highest BCUT2D eigenvalue weighted by atomic mass is 19.4. The van der Waals surface area contributed by atoms with Crippen LogP contribution in [0.15, 0.2) is 54.9 Å². The van der Waals surface area contributed by atoms with Crippen LogP contribution < -0.4 is 19.9 Å². The fourth-order valence-corrected chi connectivity index (χ4v) is 3.22. The van der Waals surface area contributed by atoms with Crippen LogP contribution in [0.1, 0.15) is 5.56 Å². The number of phenolic OH excluding ortho intramolecular Hbond substituents is 1. The molecule has 0 spiro atoms. The number of nitrogens with two attached hydrogens (primary N) is 1. The number of halogens is 5. The molecule has 0 amide bonds. The van der Waals surface area contributed by atoms with Gasteiger partial charge in [0.1, 0.15) is 17.4 Å². The second-order valence-corrected chi connectivity index (χ2v) is 7.77. The van der Waals surface area contributed by atoms with Gasteiger partial charge in [-0.2, -0.15) is 26.9 Å². The number of nitrogens with zero attached hydrogens (tertiary/aromatic N) is 3. The number of ether oxygens (including phenoxy) is 3. The van der Waals surface area contributed by atoms with Crippen LogP contribution in [0.25, 0.3) is 11.4 Å². The number of hydrogen-bond acceptors (Lipinski definition) is 7. The number of nitrogens with one attached hydrogen (secondary N) is 1. The van der Waals surface area contributed by atoms with Gasteiger partial charge in [-0.05, 0) is 30.3 Å². The molecular weight excluding hydrogens is 517 g/mol. The molecular formula is C24H18F5N5O4. The van der Waals surface area contributed by atoms with E-state index >= 15 is 8.78 Å². The highest BCUT2D eigenvalue weighted by Crippen LogP contribution is 2.40. The molecule has 0 aliphatic rings. The monoisotopic (exact) mass is 535 g/mol. The van der Waals surface area contributed by atoms with E-state index in [1.54, 1.807) is 36.1 Å². The van der Waals surface area contributed by atoms with E-state index in [2.05, 4.69) is 14.7 Å². The Morgan fingerprint density at radius 3 is 2.42 bits per heavy atom. The molecule has 0 radical (unpaired) electrons. The van der Waals surface area contributed by atoms with E-state index in [0.717, 1.165) is 12.1 Å². The highest BCUT2D eigenvalue weighted by Gasteiger charge is 2.32. The van der Waals surface area contributed by atoms with E-state index in [-0.39, 0.29) is 11.3 Å². The number of benzene rings is 2. The minimum absolute atomic E-state index is 0.0161. The second-order valence-electron chi connectivity index (χ2n) is 7.77. The van der Waals surface area contributed by atoms with Crippen LogP contribution in [0.3, 0.4) is 0 Å². The zero-order valence-corrected chi connectivity index (χ0v) is 19.4. The van der Waals surface area contributed by atoms with Gasteiger partial charge in [-0.1, -0.05) is 12.1 Å². The first-order valence-electron chi connectivity index (χ1n) is 10.6. The SMILES string of the molecule is Cn1ccnc1-c1cccc(Oc2nc(Oc3cc(C(=N)N)ccc3O)c(F)c(OCC(F)(F)F)c2F)c1. The van der Waals surface area contributed by atoms with Gasteiger partial charge in [-0.15, -0.1) is 0 Å². The van der Waals surface area contributed by atoms with Crippen molar-refractivity contribution >= 4 is 5.84 Å². The highest BCUT2D eigenvalue weighted by molar-refractivity contribution is 5.95. The molecule has 2 aromatic heterocycles. The Morgan fingerprint density at radius 1 is 1.08 bits per heavy atom. The first kappa shape index (κ1) is 26.2. The molecule has 0 fully saturated rings. The molecule has 0 saturated heterocycles. The third-order valence-electron chi connectivity index (χ3n) is 4.96. The molecule has 2 aromatic carbocycles. The van der Waals surface area contributed by atoms with Gasteiger partial charge in [-0.25, -0.2) is 4.98 Å². The van der Waals surface area contributed by atoms with Gasteiger partial charge in [0.25, 0.3) is 11.8 Å². The zero-order valence-electron chi connectivity index (χ0n) is 19.4. The Morgan fingerprint density at radius 2 is 1.79 bits per heavy atom. The Labute approximate surface area is 211 Å². The van der Waals surface area contributed by atoms with Gasteiger partial charge in [0.05, 0.1) is 0 Å². The molecule has 0 aliphatic heterocycles. The van der Waals surface area contributed by atoms with Crippen LogP contribution in [-0.4, -0.2) is 38.3 Å². The van der Waals surface area contributed by atoms with Gasteiger partial charge < -0.3 is 29.6 Å². The van der Waals surface area contributed by atoms with Crippen LogP contribution in [0.2, 0.25) is 0 Å². The molecule has 0 unspecified atom stereocenters. The van der Waals surface area contributed by atoms with Gasteiger partial charge >= 0.3 is 6.18 Å². The van der Waals surface area contributed by atoms with Crippen molar-refractivity contribution in [2.75, 3.05) is 6.61 Å². The number of aryl methyl sites for hydroxylation is 1. The van der Waals surface area contributed by atoms with E-state index in [9.17, 15) is 18.3 Å². The molecule has 38 heavy (non-hydrogen) atoms. The summed E-state index contributed by atoms with van der Waals surface area (Å²) in [7, 11) is 1.74. The summed E-state index contributed by atoms with van der Waals surface area (Å²) in [6, 6.07) is 9.47. The third-order valence-corrected chi connectivity index (χ3v) is 4.96. The molecule has 4 aromatic rings. The fourth-order valence-electron chi connectivity index (χ4n) is 3.22. The predicted octanol–water partition coefficient (Wildman–Crippen LogP) is 5.28. The number of pyridine rings is 1. The van der Waals surface area contributed by atoms with Crippen molar-refractivity contribution in [3.8, 4) is 46.1 Å². The Bertz CT molecular complexity index is 1510. The lowest BCUT2D eigenvalue weighted by Gasteiger charge is -2.16. The van der Waals surface area contributed by atoms with Gasteiger partial charge in [0, 0.05) is 30.6 Å². The quantitative estimate of drug-likeness (QED) is 0.159. The van der Waals surface area contributed by atoms with E-state index in [1.165, 1.54) is 18.2 Å². The van der Waals surface area contributed by atoms with E-state index in [1.807, 2.05) is 0 Å². The average molecular weight is 535 g/mol. The number of hydrogen-bond donors (Lipinski definition) is 3. The molecule has 4 rings (SSSR count). The topological polar surface area (TPSA) is 128 Å². The van der Waals surface area contributed by atoms with Crippen molar-refractivity contribution in [1.29, 1.82) is 5.41 Å². The van der Waals surface area contributed by atoms with Crippen molar-refractivity contribution in [1.82, 2.24) is 14.5 Å². The third kappa shape index (κ3) is 5.74. The molecule has 198 valence electrons. The maximum absolute atomic E-state index is 15.1. The average Bonchev–Trinajstić information content (AvgIpc) is 3.28. The number of rotatable bonds is 8. The first-order valence-corrected chi connectivity index (χ1v) is 10.6. The summed E-state index contributed by atoms with van der Waals surface area (Å²) < 4.78 is 85.2. The van der Waals surface area contributed by atoms with Crippen LogP contribution in [0.5, 0.6) is 34.8 Å². The Kier molecular flexibility index (Phi) is 7.06. The molecule has 0 aliphatic carbocycles. The lowest BCUT2D eigenvalue weighted by Crippen LogP contribution is -2.20. The molecule has 0 atom stereocenters. The normalized spacial score (nSPS) is 11.3. The van der Waals surface area contributed by atoms with Gasteiger partial charge in [0.15, 0.2) is 18.1 Å². The molecule has 0 saturated carbocycles. The number of amidine groups is 1.